The molecule has 3 aromatic rings. The minimum atomic E-state index is 1.05. The van der Waals surface area contributed by atoms with Gasteiger partial charge < -0.3 is 0 Å². The van der Waals surface area contributed by atoms with Crippen molar-refractivity contribution in [2.24, 2.45) is 0 Å². The summed E-state index contributed by atoms with van der Waals surface area (Å²) in [6.07, 6.45) is 0. The fourth-order valence-corrected chi connectivity index (χ4v) is 2.32. The van der Waals surface area contributed by atoms with Crippen LogP contribution >= 0.6 is 0 Å². The highest BCUT2D eigenvalue weighted by Crippen LogP contribution is 2.22. The maximum Gasteiger partial charge on any atom is 0.0327 e. The first kappa shape index (κ1) is 13.2. The molecule has 0 nitrogen and oxygen atoms in total. The Morgan fingerprint density at radius 1 is 0.667 bits per heavy atom. The molecule has 21 heavy (non-hydrogen) atoms. The summed E-state index contributed by atoms with van der Waals surface area (Å²) in [6.45, 7) is 2.09. The van der Waals surface area contributed by atoms with Crippen molar-refractivity contribution in [2.45, 2.75) is 6.92 Å². The summed E-state index contributed by atoms with van der Waals surface area (Å²) in [7, 11) is 0. The van der Waals surface area contributed by atoms with Crippen LogP contribution < -0.4 is 0 Å². The Bertz CT molecular complexity index is 802. The largest absolute Gasteiger partial charge is 0.0622 e. The van der Waals surface area contributed by atoms with Crippen LogP contribution in [0.1, 0.15) is 16.7 Å². The van der Waals surface area contributed by atoms with E-state index in [9.17, 15) is 0 Å². The lowest BCUT2D eigenvalue weighted by molar-refractivity contribution is 1.45. The van der Waals surface area contributed by atoms with E-state index >= 15 is 0 Å². The van der Waals surface area contributed by atoms with E-state index in [1.807, 2.05) is 24.3 Å². The van der Waals surface area contributed by atoms with Crippen LogP contribution in [0.25, 0.3) is 11.1 Å². The zero-order chi connectivity index (χ0) is 14.5. The second-order valence-electron chi connectivity index (χ2n) is 5.03. The quantitative estimate of drug-likeness (QED) is 0.541. The fourth-order valence-electron chi connectivity index (χ4n) is 2.32. The molecular formula is C21H16. The summed E-state index contributed by atoms with van der Waals surface area (Å²) >= 11 is 0. The minimum absolute atomic E-state index is 1.05. The van der Waals surface area contributed by atoms with Gasteiger partial charge in [-0.1, -0.05) is 72.5 Å². The van der Waals surface area contributed by atoms with Gasteiger partial charge in [0.2, 0.25) is 0 Å². The first-order chi connectivity index (χ1) is 10.3. The van der Waals surface area contributed by atoms with Crippen LogP contribution in [0.5, 0.6) is 0 Å². The number of rotatable bonds is 1. The first-order valence-electron chi connectivity index (χ1n) is 7.06. The van der Waals surface area contributed by atoms with E-state index in [2.05, 4.69) is 73.4 Å². The second kappa shape index (κ2) is 6.11. The number of aryl methyl sites for hydroxylation is 1. The Kier molecular flexibility index (Phi) is 3.85. The molecule has 0 aliphatic rings. The zero-order valence-corrected chi connectivity index (χ0v) is 12.0. The predicted octanol–water partition coefficient (Wildman–Crippen LogP) is 5.06. The fraction of sp³-hybridized carbons (Fsp3) is 0.0476. The Morgan fingerprint density at radius 2 is 1.43 bits per heavy atom. The molecule has 0 saturated heterocycles. The molecule has 0 aliphatic heterocycles. The third-order valence-electron chi connectivity index (χ3n) is 3.37. The Hall–Kier alpha value is -2.78. The normalized spacial score (nSPS) is 9.76. The van der Waals surface area contributed by atoms with Crippen molar-refractivity contribution in [1.29, 1.82) is 0 Å². The van der Waals surface area contributed by atoms with Crippen LogP contribution in [-0.4, -0.2) is 0 Å². The lowest BCUT2D eigenvalue weighted by atomic mass is 10.00. The standard InChI is InChI=1S/C21H16/c1-17-8-7-9-18(16-17)14-15-20-12-5-6-13-21(20)19-10-3-2-4-11-19/h2-13,16H,1H3. The summed E-state index contributed by atoms with van der Waals surface area (Å²) in [4.78, 5) is 0. The van der Waals surface area contributed by atoms with Gasteiger partial charge in [-0.15, -0.1) is 0 Å². The van der Waals surface area contributed by atoms with Crippen molar-refractivity contribution < 1.29 is 0 Å². The Balaban J connectivity index is 2.01. The third-order valence-corrected chi connectivity index (χ3v) is 3.37. The molecule has 0 spiro atoms. The highest BCUT2D eigenvalue weighted by molar-refractivity contribution is 5.71. The highest BCUT2D eigenvalue weighted by atomic mass is 14.0. The van der Waals surface area contributed by atoms with E-state index in [0.717, 1.165) is 11.1 Å². The summed E-state index contributed by atoms with van der Waals surface area (Å²) < 4.78 is 0. The number of hydrogen-bond donors (Lipinski definition) is 0. The Morgan fingerprint density at radius 3 is 2.24 bits per heavy atom. The summed E-state index contributed by atoms with van der Waals surface area (Å²) in [5.74, 6) is 6.57. The van der Waals surface area contributed by atoms with E-state index in [1.165, 1.54) is 16.7 Å². The molecule has 3 rings (SSSR count). The lowest BCUT2D eigenvalue weighted by Gasteiger charge is -2.04. The van der Waals surface area contributed by atoms with Crippen LogP contribution in [0.15, 0.2) is 78.9 Å². The first-order valence-corrected chi connectivity index (χ1v) is 7.06. The molecule has 0 heterocycles. The van der Waals surface area contributed by atoms with Crippen LogP contribution in [0, 0.1) is 18.8 Å². The molecule has 0 radical (unpaired) electrons. The maximum atomic E-state index is 3.31. The monoisotopic (exact) mass is 268 g/mol. The van der Waals surface area contributed by atoms with Crippen LogP contribution in [-0.2, 0) is 0 Å². The number of hydrogen-bond acceptors (Lipinski definition) is 0. The van der Waals surface area contributed by atoms with E-state index in [0.29, 0.717) is 0 Å². The van der Waals surface area contributed by atoms with Crippen LogP contribution in [0.4, 0.5) is 0 Å². The molecule has 0 aliphatic carbocycles. The van der Waals surface area contributed by atoms with Gasteiger partial charge in [0.1, 0.15) is 0 Å². The van der Waals surface area contributed by atoms with Crippen LogP contribution in [0.2, 0.25) is 0 Å². The van der Waals surface area contributed by atoms with Gasteiger partial charge in [0, 0.05) is 11.1 Å². The summed E-state index contributed by atoms with van der Waals surface area (Å²) in [5, 5.41) is 0. The van der Waals surface area contributed by atoms with Gasteiger partial charge in [0.05, 0.1) is 0 Å². The molecule has 0 heteroatoms. The lowest BCUT2D eigenvalue weighted by Crippen LogP contribution is -1.84. The second-order valence-corrected chi connectivity index (χ2v) is 5.03. The smallest absolute Gasteiger partial charge is 0.0327 e. The molecule has 0 N–H and O–H groups in total. The molecule has 100 valence electrons. The van der Waals surface area contributed by atoms with Gasteiger partial charge in [-0.3, -0.25) is 0 Å². The molecule has 0 fully saturated rings. The van der Waals surface area contributed by atoms with Crippen LogP contribution in [0.3, 0.4) is 0 Å². The topological polar surface area (TPSA) is 0 Å². The van der Waals surface area contributed by atoms with Crippen molar-refractivity contribution in [2.75, 3.05) is 0 Å². The highest BCUT2D eigenvalue weighted by Gasteiger charge is 2.01. The third kappa shape index (κ3) is 3.22. The van der Waals surface area contributed by atoms with Gasteiger partial charge in [0.25, 0.3) is 0 Å². The van der Waals surface area contributed by atoms with Gasteiger partial charge in [-0.05, 0) is 41.8 Å². The van der Waals surface area contributed by atoms with Crippen molar-refractivity contribution in [3.05, 3.63) is 95.6 Å². The SMILES string of the molecule is Cc1cccc(C#Cc2ccccc2-c2ccccc2)c1. The molecular weight excluding hydrogens is 252 g/mol. The molecule has 0 saturated carbocycles. The van der Waals surface area contributed by atoms with Gasteiger partial charge in [-0.2, -0.15) is 0 Å². The maximum absolute atomic E-state index is 3.31. The minimum Gasteiger partial charge on any atom is -0.0622 e. The average Bonchev–Trinajstić information content (AvgIpc) is 2.54. The van der Waals surface area contributed by atoms with Gasteiger partial charge in [0.15, 0.2) is 0 Å². The van der Waals surface area contributed by atoms with E-state index in [-0.39, 0.29) is 0 Å². The number of benzene rings is 3. The van der Waals surface area contributed by atoms with Crippen molar-refractivity contribution in [3.8, 4) is 23.0 Å². The van der Waals surface area contributed by atoms with Gasteiger partial charge in [-0.25, -0.2) is 0 Å². The molecule has 0 aromatic heterocycles. The molecule has 0 bridgehead atoms. The van der Waals surface area contributed by atoms with Crippen molar-refractivity contribution in [3.63, 3.8) is 0 Å². The average molecular weight is 268 g/mol. The van der Waals surface area contributed by atoms with E-state index in [1.54, 1.807) is 0 Å². The molecule has 0 atom stereocenters. The summed E-state index contributed by atoms with van der Waals surface area (Å²) in [5.41, 5.74) is 5.73. The molecule has 3 aromatic carbocycles. The predicted molar refractivity (Wildman–Crippen MR) is 89.0 cm³/mol. The zero-order valence-electron chi connectivity index (χ0n) is 12.0. The summed E-state index contributed by atoms with van der Waals surface area (Å²) in [6, 6.07) is 27.0. The molecule has 0 unspecified atom stereocenters. The van der Waals surface area contributed by atoms with E-state index < -0.39 is 0 Å². The van der Waals surface area contributed by atoms with Gasteiger partial charge >= 0.3 is 0 Å². The molecule has 0 amide bonds. The Labute approximate surface area is 126 Å². The van der Waals surface area contributed by atoms with E-state index in [4.69, 9.17) is 0 Å². The van der Waals surface area contributed by atoms with Crippen molar-refractivity contribution >= 4 is 0 Å². The van der Waals surface area contributed by atoms with Crippen molar-refractivity contribution in [1.82, 2.24) is 0 Å².